The maximum Gasteiger partial charge on any atom is 0.338 e. The first kappa shape index (κ1) is 18.5. The molecule has 1 aromatic heterocycles. The minimum absolute atomic E-state index is 0.142. The summed E-state index contributed by atoms with van der Waals surface area (Å²) in [7, 11) is 0. The summed E-state index contributed by atoms with van der Waals surface area (Å²) in [6.07, 6.45) is 0.415. The second-order valence-corrected chi connectivity index (χ2v) is 6.56. The number of furan rings is 1. The Hall–Kier alpha value is -2.24. The van der Waals surface area contributed by atoms with Crippen LogP contribution in [0.2, 0.25) is 10.0 Å². The Bertz CT molecular complexity index is 870. The Labute approximate surface area is 160 Å². The SMILES string of the molecule is CCOC(=O)C1=C(C)O[C@@H](C(=O)c2ccco2)[C@@H]1c1ccc(Cl)cc1Cl. The predicted molar refractivity (Wildman–Crippen MR) is 96.4 cm³/mol. The normalized spacial score (nSPS) is 19.4. The highest BCUT2D eigenvalue weighted by Gasteiger charge is 2.46. The molecule has 1 aliphatic rings. The molecule has 1 aromatic carbocycles. The molecular weight excluding hydrogens is 379 g/mol. The average molecular weight is 395 g/mol. The summed E-state index contributed by atoms with van der Waals surface area (Å²) < 4.78 is 16.1. The van der Waals surface area contributed by atoms with Crippen LogP contribution in [0.5, 0.6) is 0 Å². The molecule has 2 atom stereocenters. The van der Waals surface area contributed by atoms with Gasteiger partial charge in [0, 0.05) is 10.0 Å². The molecular formula is C19H16Cl2O5. The number of benzene rings is 1. The number of carbonyl (C=O) groups is 2. The van der Waals surface area contributed by atoms with Gasteiger partial charge in [-0.05, 0) is 43.7 Å². The van der Waals surface area contributed by atoms with Crippen molar-refractivity contribution in [3.05, 3.63) is 69.3 Å². The van der Waals surface area contributed by atoms with E-state index in [0.717, 1.165) is 0 Å². The Morgan fingerprint density at radius 2 is 2.00 bits per heavy atom. The highest BCUT2D eigenvalue weighted by Crippen LogP contribution is 2.43. The van der Waals surface area contributed by atoms with Crippen molar-refractivity contribution in [3.63, 3.8) is 0 Å². The van der Waals surface area contributed by atoms with Crippen LogP contribution < -0.4 is 0 Å². The van der Waals surface area contributed by atoms with Crippen molar-refractivity contribution in [3.8, 4) is 0 Å². The molecule has 0 saturated heterocycles. The lowest BCUT2D eigenvalue weighted by atomic mass is 9.85. The van der Waals surface area contributed by atoms with E-state index in [-0.39, 0.29) is 23.7 Å². The van der Waals surface area contributed by atoms with Gasteiger partial charge >= 0.3 is 5.97 Å². The predicted octanol–water partition coefficient (Wildman–Crippen LogP) is 4.79. The number of Topliss-reactive ketones (excluding diaryl/α,β-unsaturated/α-hetero) is 1. The van der Waals surface area contributed by atoms with Gasteiger partial charge in [0.15, 0.2) is 11.9 Å². The van der Waals surface area contributed by atoms with Gasteiger partial charge in [-0.25, -0.2) is 4.79 Å². The van der Waals surface area contributed by atoms with E-state index in [2.05, 4.69) is 0 Å². The summed E-state index contributed by atoms with van der Waals surface area (Å²) in [6.45, 7) is 3.53. The van der Waals surface area contributed by atoms with Crippen molar-refractivity contribution < 1.29 is 23.5 Å². The lowest BCUT2D eigenvalue weighted by Crippen LogP contribution is -2.29. The van der Waals surface area contributed by atoms with Crippen molar-refractivity contribution in [2.45, 2.75) is 25.9 Å². The van der Waals surface area contributed by atoms with Gasteiger partial charge < -0.3 is 13.9 Å². The maximum atomic E-state index is 12.9. The lowest BCUT2D eigenvalue weighted by Gasteiger charge is -2.20. The highest BCUT2D eigenvalue weighted by molar-refractivity contribution is 6.35. The minimum atomic E-state index is -0.987. The molecule has 1 aliphatic heterocycles. The Morgan fingerprint density at radius 1 is 1.23 bits per heavy atom. The van der Waals surface area contributed by atoms with Crippen molar-refractivity contribution in [2.24, 2.45) is 0 Å². The molecule has 3 rings (SSSR count). The van der Waals surface area contributed by atoms with Gasteiger partial charge in [-0.1, -0.05) is 29.3 Å². The van der Waals surface area contributed by atoms with Crippen LogP contribution in [-0.2, 0) is 14.3 Å². The molecule has 2 aromatic rings. The van der Waals surface area contributed by atoms with Crippen LogP contribution in [0.25, 0.3) is 0 Å². The second kappa shape index (κ2) is 7.56. The fourth-order valence-corrected chi connectivity index (χ4v) is 3.53. The standard InChI is InChI=1S/C19H16Cl2O5/c1-3-24-19(23)15-10(2)26-18(17(22)14-5-4-8-25-14)16(15)12-7-6-11(20)9-13(12)21/h4-9,16,18H,3H2,1-2H3/t16-,18-/m1/s1. The number of ketones is 1. The third kappa shape index (κ3) is 3.37. The van der Waals surface area contributed by atoms with E-state index >= 15 is 0 Å². The molecule has 0 amide bonds. The Kier molecular flexibility index (Phi) is 5.39. The quantitative estimate of drug-likeness (QED) is 0.538. The van der Waals surface area contributed by atoms with E-state index in [0.29, 0.717) is 21.4 Å². The zero-order valence-electron chi connectivity index (χ0n) is 14.1. The van der Waals surface area contributed by atoms with E-state index in [1.54, 1.807) is 44.2 Å². The second-order valence-electron chi connectivity index (χ2n) is 5.71. The molecule has 0 unspecified atom stereocenters. The number of hydrogen-bond acceptors (Lipinski definition) is 5. The van der Waals surface area contributed by atoms with E-state index in [9.17, 15) is 9.59 Å². The number of halogens is 2. The zero-order chi connectivity index (χ0) is 18.8. The van der Waals surface area contributed by atoms with Crippen LogP contribution >= 0.6 is 23.2 Å². The van der Waals surface area contributed by atoms with Crippen molar-refractivity contribution in [1.29, 1.82) is 0 Å². The number of carbonyl (C=O) groups excluding carboxylic acids is 2. The summed E-state index contributed by atoms with van der Waals surface area (Å²) in [6, 6.07) is 8.04. The third-order valence-electron chi connectivity index (χ3n) is 4.11. The molecule has 26 heavy (non-hydrogen) atoms. The lowest BCUT2D eigenvalue weighted by molar-refractivity contribution is -0.138. The molecule has 7 heteroatoms. The molecule has 136 valence electrons. The first-order valence-electron chi connectivity index (χ1n) is 8.01. The average Bonchev–Trinajstić information content (AvgIpc) is 3.22. The number of ether oxygens (including phenoxy) is 2. The first-order valence-corrected chi connectivity index (χ1v) is 8.76. The number of hydrogen-bond donors (Lipinski definition) is 0. The third-order valence-corrected chi connectivity index (χ3v) is 4.67. The summed E-state index contributed by atoms with van der Waals surface area (Å²) in [5.41, 5.74) is 0.821. The number of allylic oxidation sites excluding steroid dienone is 1. The van der Waals surface area contributed by atoms with Crippen LogP contribution in [-0.4, -0.2) is 24.5 Å². The smallest absolute Gasteiger partial charge is 0.338 e. The zero-order valence-corrected chi connectivity index (χ0v) is 15.6. The molecule has 5 nitrogen and oxygen atoms in total. The number of esters is 1. The Morgan fingerprint density at radius 3 is 2.62 bits per heavy atom. The molecule has 0 N–H and O–H groups in total. The van der Waals surface area contributed by atoms with Gasteiger partial charge in [-0.3, -0.25) is 4.79 Å². The first-order chi connectivity index (χ1) is 12.4. The van der Waals surface area contributed by atoms with Crippen LogP contribution in [0.15, 0.2) is 52.3 Å². The summed E-state index contributed by atoms with van der Waals surface area (Å²) in [5, 5.41) is 0.782. The maximum absolute atomic E-state index is 12.9. The Balaban J connectivity index is 2.08. The van der Waals surface area contributed by atoms with Crippen LogP contribution in [0.1, 0.15) is 35.9 Å². The van der Waals surface area contributed by atoms with Crippen molar-refractivity contribution >= 4 is 35.0 Å². The van der Waals surface area contributed by atoms with Crippen molar-refractivity contribution in [2.75, 3.05) is 6.61 Å². The molecule has 0 spiro atoms. The van der Waals surface area contributed by atoms with Gasteiger partial charge in [0.25, 0.3) is 0 Å². The van der Waals surface area contributed by atoms with Crippen LogP contribution in [0, 0.1) is 0 Å². The van der Waals surface area contributed by atoms with Crippen LogP contribution in [0.4, 0.5) is 0 Å². The van der Waals surface area contributed by atoms with Gasteiger partial charge in [0.1, 0.15) is 5.76 Å². The fraction of sp³-hybridized carbons (Fsp3) is 0.263. The summed E-state index contributed by atoms with van der Waals surface area (Å²) in [4.78, 5) is 25.4. The molecule has 0 radical (unpaired) electrons. The van der Waals surface area contributed by atoms with Gasteiger partial charge in [-0.2, -0.15) is 0 Å². The van der Waals surface area contributed by atoms with E-state index in [1.165, 1.54) is 6.26 Å². The number of rotatable bonds is 5. The molecule has 0 saturated carbocycles. The fourth-order valence-electron chi connectivity index (χ4n) is 3.01. The van der Waals surface area contributed by atoms with Crippen molar-refractivity contribution in [1.82, 2.24) is 0 Å². The molecule has 0 bridgehead atoms. The molecule has 0 aliphatic carbocycles. The largest absolute Gasteiger partial charge is 0.485 e. The minimum Gasteiger partial charge on any atom is -0.485 e. The summed E-state index contributed by atoms with van der Waals surface area (Å²) >= 11 is 12.3. The van der Waals surface area contributed by atoms with Gasteiger partial charge in [0.2, 0.25) is 5.78 Å². The topological polar surface area (TPSA) is 65.7 Å². The van der Waals surface area contributed by atoms with E-state index in [1.807, 2.05) is 0 Å². The molecule has 2 heterocycles. The molecule has 0 fully saturated rings. The monoisotopic (exact) mass is 394 g/mol. The van der Waals surface area contributed by atoms with E-state index < -0.39 is 18.0 Å². The van der Waals surface area contributed by atoms with E-state index in [4.69, 9.17) is 37.1 Å². The van der Waals surface area contributed by atoms with Gasteiger partial charge in [0.05, 0.1) is 24.4 Å². The summed E-state index contributed by atoms with van der Waals surface area (Å²) in [5.74, 6) is -1.19. The van der Waals surface area contributed by atoms with Gasteiger partial charge in [-0.15, -0.1) is 0 Å². The highest BCUT2D eigenvalue weighted by atomic mass is 35.5. The van der Waals surface area contributed by atoms with Crippen LogP contribution in [0.3, 0.4) is 0 Å².